The number of carbonyl (C=O) groups excluding carboxylic acids is 2. The highest BCUT2D eigenvalue weighted by molar-refractivity contribution is 5.99. The molecular formula is C19H21NO6. The van der Waals surface area contributed by atoms with Gasteiger partial charge in [-0.2, -0.15) is 0 Å². The summed E-state index contributed by atoms with van der Waals surface area (Å²) in [7, 11) is 1.40. The topological polar surface area (TPSA) is 76.0 Å². The van der Waals surface area contributed by atoms with Gasteiger partial charge in [-0.1, -0.05) is 6.07 Å². The molecule has 0 bridgehead atoms. The lowest BCUT2D eigenvalue weighted by molar-refractivity contribution is -0.146. The number of Topliss-reactive ketones (excluding diaryl/α,β-unsaturated/α-hetero) is 1. The molecule has 138 valence electrons. The van der Waals surface area contributed by atoms with Crippen LogP contribution in [0.3, 0.4) is 0 Å². The molecule has 0 saturated carbocycles. The van der Waals surface area contributed by atoms with Crippen molar-refractivity contribution in [2.45, 2.75) is 20.4 Å². The monoisotopic (exact) mass is 359 g/mol. The van der Waals surface area contributed by atoms with Crippen LogP contribution in [0, 0.1) is 13.8 Å². The quantitative estimate of drug-likeness (QED) is 0.558. The number of benzene rings is 1. The smallest absolute Gasteiger partial charge is 0.332 e. The number of ketones is 1. The Morgan fingerprint density at radius 2 is 1.88 bits per heavy atom. The van der Waals surface area contributed by atoms with Gasteiger partial charge in [0.15, 0.2) is 18.1 Å². The van der Waals surface area contributed by atoms with E-state index in [0.717, 1.165) is 28.5 Å². The molecule has 1 aromatic carbocycles. The summed E-state index contributed by atoms with van der Waals surface area (Å²) in [5.74, 6) is 0.671. The van der Waals surface area contributed by atoms with Gasteiger partial charge < -0.3 is 23.5 Å². The molecule has 7 nitrogen and oxygen atoms in total. The molecule has 3 rings (SSSR count). The molecule has 1 aliphatic heterocycles. The maximum atomic E-state index is 12.4. The highest BCUT2D eigenvalue weighted by atomic mass is 16.7. The zero-order valence-electron chi connectivity index (χ0n) is 15.0. The summed E-state index contributed by atoms with van der Waals surface area (Å²) in [6.07, 6.45) is 0. The number of esters is 1. The van der Waals surface area contributed by atoms with Crippen LogP contribution in [0.2, 0.25) is 0 Å². The Bertz CT molecular complexity index is 839. The minimum atomic E-state index is -0.560. The highest BCUT2D eigenvalue weighted by Gasteiger charge is 2.19. The van der Waals surface area contributed by atoms with Crippen LogP contribution in [0.5, 0.6) is 11.5 Å². The Balaban J connectivity index is 1.73. The number of nitrogens with zero attached hydrogens (tertiary/aromatic N) is 1. The normalized spacial score (nSPS) is 12.3. The Kier molecular flexibility index (Phi) is 5.27. The van der Waals surface area contributed by atoms with Crippen LogP contribution in [-0.2, 0) is 20.8 Å². The first kappa shape index (κ1) is 18.0. The van der Waals surface area contributed by atoms with Crippen molar-refractivity contribution in [3.63, 3.8) is 0 Å². The van der Waals surface area contributed by atoms with E-state index >= 15 is 0 Å². The van der Waals surface area contributed by atoms with Crippen LogP contribution in [0.15, 0.2) is 24.3 Å². The largest absolute Gasteiger partial charge is 0.456 e. The second-order valence-electron chi connectivity index (χ2n) is 6.08. The van der Waals surface area contributed by atoms with Gasteiger partial charge >= 0.3 is 5.97 Å². The van der Waals surface area contributed by atoms with Crippen molar-refractivity contribution in [3.05, 3.63) is 46.8 Å². The van der Waals surface area contributed by atoms with Gasteiger partial charge in [0.25, 0.3) is 0 Å². The van der Waals surface area contributed by atoms with Crippen molar-refractivity contribution in [3.8, 4) is 11.5 Å². The third-order valence-corrected chi connectivity index (χ3v) is 4.28. The number of aromatic nitrogens is 1. The first-order valence-electron chi connectivity index (χ1n) is 8.22. The Morgan fingerprint density at radius 1 is 1.12 bits per heavy atom. The predicted octanol–water partition coefficient (Wildman–Crippen LogP) is 2.25. The van der Waals surface area contributed by atoms with E-state index in [2.05, 4.69) is 4.74 Å². The summed E-state index contributed by atoms with van der Waals surface area (Å²) in [5, 5.41) is 0. The molecule has 0 amide bonds. The first-order valence-corrected chi connectivity index (χ1v) is 8.22. The molecule has 0 saturated heterocycles. The summed E-state index contributed by atoms with van der Waals surface area (Å²) in [5.41, 5.74) is 3.37. The molecule has 7 heteroatoms. The van der Waals surface area contributed by atoms with Gasteiger partial charge in [0.1, 0.15) is 6.61 Å². The lowest BCUT2D eigenvalue weighted by Crippen LogP contribution is -2.18. The van der Waals surface area contributed by atoms with Crippen molar-refractivity contribution in [2.24, 2.45) is 0 Å². The van der Waals surface area contributed by atoms with E-state index in [1.54, 1.807) is 0 Å². The number of hydrogen-bond donors (Lipinski definition) is 0. The van der Waals surface area contributed by atoms with Crippen LogP contribution in [0.4, 0.5) is 0 Å². The zero-order valence-corrected chi connectivity index (χ0v) is 15.0. The fourth-order valence-corrected chi connectivity index (χ4v) is 2.93. The molecule has 0 fully saturated rings. The van der Waals surface area contributed by atoms with Crippen molar-refractivity contribution in [2.75, 3.05) is 27.1 Å². The van der Waals surface area contributed by atoms with Crippen LogP contribution in [-0.4, -0.2) is 43.4 Å². The molecule has 0 N–H and O–H groups in total. The van der Waals surface area contributed by atoms with Gasteiger partial charge in [0.05, 0.1) is 0 Å². The minimum Gasteiger partial charge on any atom is -0.456 e. The summed E-state index contributed by atoms with van der Waals surface area (Å²) >= 11 is 0. The van der Waals surface area contributed by atoms with Gasteiger partial charge in [-0.05, 0) is 37.6 Å². The highest BCUT2D eigenvalue weighted by Crippen LogP contribution is 2.33. The Hall–Kier alpha value is -2.80. The Morgan fingerprint density at radius 3 is 2.65 bits per heavy atom. The molecule has 2 heterocycles. The number of hydrogen-bond acceptors (Lipinski definition) is 6. The summed E-state index contributed by atoms with van der Waals surface area (Å²) in [4.78, 5) is 23.7. The van der Waals surface area contributed by atoms with Gasteiger partial charge in [-0.25, -0.2) is 4.79 Å². The summed E-state index contributed by atoms with van der Waals surface area (Å²) in [6.45, 7) is 4.19. The molecule has 1 aromatic heterocycles. The lowest BCUT2D eigenvalue weighted by Gasteiger charge is -2.11. The van der Waals surface area contributed by atoms with Crippen molar-refractivity contribution in [1.82, 2.24) is 4.57 Å². The molecule has 0 atom stereocenters. The van der Waals surface area contributed by atoms with E-state index in [1.165, 1.54) is 7.11 Å². The number of rotatable bonds is 7. The summed E-state index contributed by atoms with van der Waals surface area (Å²) < 4.78 is 22.4. The molecule has 0 unspecified atom stereocenters. The van der Waals surface area contributed by atoms with Crippen molar-refractivity contribution < 1.29 is 28.5 Å². The van der Waals surface area contributed by atoms with Gasteiger partial charge in [0, 0.05) is 30.6 Å². The van der Waals surface area contributed by atoms with Crippen LogP contribution in [0.1, 0.15) is 27.3 Å². The maximum Gasteiger partial charge on any atom is 0.332 e. The molecular weight excluding hydrogens is 338 g/mol. The van der Waals surface area contributed by atoms with E-state index in [-0.39, 0.29) is 25.8 Å². The van der Waals surface area contributed by atoms with Crippen LogP contribution in [0.25, 0.3) is 0 Å². The van der Waals surface area contributed by atoms with E-state index in [9.17, 15) is 9.59 Å². The molecule has 1 aliphatic rings. The van der Waals surface area contributed by atoms with Crippen LogP contribution >= 0.6 is 0 Å². The van der Waals surface area contributed by atoms with Gasteiger partial charge in [0.2, 0.25) is 12.6 Å². The fourth-order valence-electron chi connectivity index (χ4n) is 2.93. The number of methoxy groups -OCH3 is 1. The van der Waals surface area contributed by atoms with Crippen LogP contribution < -0.4 is 9.47 Å². The number of ether oxygens (including phenoxy) is 4. The SMILES string of the molecule is COCC(=O)OCC(=O)c1cc(C)n(Cc2ccc3c(c2)OCO3)c1C. The number of fused-ring (bicyclic) bond motifs is 1. The lowest BCUT2D eigenvalue weighted by atomic mass is 10.1. The number of aryl methyl sites for hydroxylation is 1. The second kappa shape index (κ2) is 7.61. The van der Waals surface area contributed by atoms with Gasteiger partial charge in [-0.15, -0.1) is 0 Å². The molecule has 0 spiro atoms. The molecule has 26 heavy (non-hydrogen) atoms. The first-order chi connectivity index (χ1) is 12.5. The minimum absolute atomic E-state index is 0.170. The van der Waals surface area contributed by atoms with Gasteiger partial charge in [-0.3, -0.25) is 4.79 Å². The fraction of sp³-hybridized carbons (Fsp3) is 0.368. The summed E-state index contributed by atoms with van der Waals surface area (Å²) in [6, 6.07) is 7.61. The second-order valence-corrected chi connectivity index (χ2v) is 6.08. The average Bonchev–Trinajstić information content (AvgIpc) is 3.19. The van der Waals surface area contributed by atoms with E-state index in [1.807, 2.05) is 42.7 Å². The van der Waals surface area contributed by atoms with Crippen molar-refractivity contribution in [1.29, 1.82) is 0 Å². The third-order valence-electron chi connectivity index (χ3n) is 4.28. The third kappa shape index (κ3) is 3.72. The van der Waals surface area contributed by atoms with E-state index in [0.29, 0.717) is 12.1 Å². The molecule has 0 radical (unpaired) electrons. The molecule has 2 aromatic rings. The maximum absolute atomic E-state index is 12.4. The average molecular weight is 359 g/mol. The zero-order chi connectivity index (χ0) is 18.7. The standard InChI is InChI=1S/C19H21NO6/c1-12-6-15(16(21)9-24-19(22)10-23-3)13(2)20(12)8-14-4-5-17-18(7-14)26-11-25-17/h4-7H,8-11H2,1-3H3. The van der Waals surface area contributed by atoms with Crippen molar-refractivity contribution >= 4 is 11.8 Å². The predicted molar refractivity (Wildman–Crippen MR) is 92.7 cm³/mol. The van der Waals surface area contributed by atoms with E-state index in [4.69, 9.17) is 14.2 Å². The Labute approximate surface area is 151 Å². The number of carbonyl (C=O) groups is 2. The molecule has 0 aliphatic carbocycles. The van der Waals surface area contributed by atoms with E-state index < -0.39 is 5.97 Å².